The van der Waals surface area contributed by atoms with Crippen LogP contribution in [0.1, 0.15) is 17.5 Å². The molecule has 1 saturated heterocycles. The fraction of sp³-hybridized carbons (Fsp3) is 0.333. The molecule has 0 aromatic heterocycles. The molecule has 1 aliphatic rings. The van der Waals surface area contributed by atoms with Crippen LogP contribution in [0.25, 0.3) is 0 Å². The highest BCUT2D eigenvalue weighted by atomic mass is 35.5. The first-order chi connectivity index (χ1) is 13.4. The first-order valence-corrected chi connectivity index (χ1v) is 9.35. The molecule has 0 bridgehead atoms. The van der Waals surface area contributed by atoms with Crippen molar-refractivity contribution >= 4 is 23.4 Å². The highest BCUT2D eigenvalue weighted by Crippen LogP contribution is 2.25. The number of methoxy groups -OCH3 is 1. The van der Waals surface area contributed by atoms with Crippen LogP contribution < -0.4 is 4.74 Å². The van der Waals surface area contributed by atoms with E-state index >= 15 is 0 Å². The van der Waals surface area contributed by atoms with E-state index in [1.54, 1.807) is 24.1 Å². The van der Waals surface area contributed by atoms with Crippen molar-refractivity contribution in [1.82, 2.24) is 9.80 Å². The molecule has 2 aromatic carbocycles. The van der Waals surface area contributed by atoms with Crippen molar-refractivity contribution in [2.75, 3.05) is 20.7 Å². The Balaban J connectivity index is 1.62. The van der Waals surface area contributed by atoms with E-state index in [-0.39, 0.29) is 30.5 Å². The van der Waals surface area contributed by atoms with Gasteiger partial charge in [0.25, 0.3) is 0 Å². The number of carbonyl (C=O) groups is 2. The number of rotatable bonds is 6. The molecule has 2 amide bonds. The van der Waals surface area contributed by atoms with Crippen molar-refractivity contribution in [1.29, 1.82) is 0 Å². The SMILES string of the molecule is COc1ccc(CN(C)C(=O)[C@@H]2CC(=O)N(Cc3ccccc3Cl)C2)cc1F. The van der Waals surface area contributed by atoms with Crippen LogP contribution in [0, 0.1) is 11.7 Å². The molecule has 1 atom stereocenters. The minimum Gasteiger partial charge on any atom is -0.494 e. The van der Waals surface area contributed by atoms with Gasteiger partial charge in [0.1, 0.15) is 0 Å². The van der Waals surface area contributed by atoms with Gasteiger partial charge in [-0.1, -0.05) is 35.9 Å². The van der Waals surface area contributed by atoms with Crippen LogP contribution in [0.5, 0.6) is 5.75 Å². The molecule has 2 aromatic rings. The van der Waals surface area contributed by atoms with Gasteiger partial charge >= 0.3 is 0 Å². The van der Waals surface area contributed by atoms with Gasteiger partial charge in [0.15, 0.2) is 11.6 Å². The standard InChI is InChI=1S/C21H22ClFN2O3/c1-24(11-14-7-8-19(28-2)18(23)9-14)21(27)16-10-20(26)25(13-16)12-15-5-3-4-6-17(15)22/h3-9,16H,10-13H2,1-2H3/t16-/m1/s1. The van der Waals surface area contributed by atoms with Crippen LogP contribution in [0.2, 0.25) is 5.02 Å². The first-order valence-electron chi connectivity index (χ1n) is 8.97. The van der Waals surface area contributed by atoms with E-state index in [1.165, 1.54) is 24.1 Å². The summed E-state index contributed by atoms with van der Waals surface area (Å²) in [5.41, 5.74) is 1.51. The molecule has 1 aliphatic heterocycles. The summed E-state index contributed by atoms with van der Waals surface area (Å²) in [6.45, 7) is 0.995. The Bertz CT molecular complexity index is 890. The molecular weight excluding hydrogens is 383 g/mol. The minimum atomic E-state index is -0.470. The van der Waals surface area contributed by atoms with Crippen LogP contribution in [0.3, 0.4) is 0 Å². The summed E-state index contributed by atoms with van der Waals surface area (Å²) in [7, 11) is 3.06. The van der Waals surface area contributed by atoms with Gasteiger partial charge in [0.2, 0.25) is 11.8 Å². The predicted molar refractivity (Wildman–Crippen MR) is 104 cm³/mol. The van der Waals surface area contributed by atoms with E-state index in [0.717, 1.165) is 5.56 Å². The normalized spacial score (nSPS) is 16.4. The van der Waals surface area contributed by atoms with Gasteiger partial charge in [-0.2, -0.15) is 0 Å². The second-order valence-electron chi connectivity index (χ2n) is 6.93. The fourth-order valence-corrected chi connectivity index (χ4v) is 3.59. The average molecular weight is 405 g/mol. The molecule has 5 nitrogen and oxygen atoms in total. The van der Waals surface area contributed by atoms with Gasteiger partial charge < -0.3 is 14.5 Å². The second-order valence-corrected chi connectivity index (χ2v) is 7.34. The Kier molecular flexibility index (Phi) is 6.19. The third kappa shape index (κ3) is 4.44. The van der Waals surface area contributed by atoms with E-state index in [0.29, 0.717) is 23.7 Å². The number of hydrogen-bond acceptors (Lipinski definition) is 3. The number of carbonyl (C=O) groups excluding carboxylic acids is 2. The third-order valence-electron chi connectivity index (χ3n) is 4.89. The zero-order chi connectivity index (χ0) is 20.3. The van der Waals surface area contributed by atoms with Crippen molar-refractivity contribution in [3.8, 4) is 5.75 Å². The number of hydrogen-bond donors (Lipinski definition) is 0. The van der Waals surface area contributed by atoms with Gasteiger partial charge in [0.05, 0.1) is 13.0 Å². The van der Waals surface area contributed by atoms with Gasteiger partial charge in [-0.15, -0.1) is 0 Å². The highest BCUT2D eigenvalue weighted by molar-refractivity contribution is 6.31. The Morgan fingerprint density at radius 3 is 2.75 bits per heavy atom. The lowest BCUT2D eigenvalue weighted by molar-refractivity contribution is -0.135. The van der Waals surface area contributed by atoms with Crippen LogP contribution >= 0.6 is 11.6 Å². The number of nitrogens with zero attached hydrogens (tertiary/aromatic N) is 2. The number of ether oxygens (including phenoxy) is 1. The molecule has 3 rings (SSSR count). The molecule has 28 heavy (non-hydrogen) atoms. The summed E-state index contributed by atoms with van der Waals surface area (Å²) in [4.78, 5) is 28.3. The topological polar surface area (TPSA) is 49.9 Å². The van der Waals surface area contributed by atoms with E-state index in [9.17, 15) is 14.0 Å². The van der Waals surface area contributed by atoms with Crippen molar-refractivity contribution in [3.63, 3.8) is 0 Å². The molecule has 0 unspecified atom stereocenters. The quantitative estimate of drug-likeness (QED) is 0.740. The largest absolute Gasteiger partial charge is 0.494 e. The highest BCUT2D eigenvalue weighted by Gasteiger charge is 2.35. The zero-order valence-electron chi connectivity index (χ0n) is 15.8. The number of benzene rings is 2. The maximum Gasteiger partial charge on any atom is 0.228 e. The Morgan fingerprint density at radius 1 is 1.32 bits per heavy atom. The Labute approximate surface area is 168 Å². The smallest absolute Gasteiger partial charge is 0.228 e. The molecule has 1 fully saturated rings. The molecule has 0 aliphatic carbocycles. The van der Waals surface area contributed by atoms with Crippen molar-refractivity contribution in [2.24, 2.45) is 5.92 Å². The molecule has 0 spiro atoms. The van der Waals surface area contributed by atoms with Gasteiger partial charge in [-0.25, -0.2) is 4.39 Å². The lowest BCUT2D eigenvalue weighted by Crippen LogP contribution is -2.34. The summed E-state index contributed by atoms with van der Waals surface area (Å²) in [5, 5.41) is 0.601. The maximum atomic E-state index is 13.9. The Hall–Kier alpha value is -2.60. The van der Waals surface area contributed by atoms with Crippen molar-refractivity contribution < 1.29 is 18.7 Å². The molecule has 148 valence electrons. The van der Waals surface area contributed by atoms with Crippen LogP contribution in [-0.2, 0) is 22.7 Å². The second kappa shape index (κ2) is 8.61. The van der Waals surface area contributed by atoms with E-state index < -0.39 is 11.7 Å². The number of likely N-dealkylation sites (tertiary alicyclic amines) is 1. The third-order valence-corrected chi connectivity index (χ3v) is 5.26. The average Bonchev–Trinajstić information content (AvgIpc) is 3.03. The van der Waals surface area contributed by atoms with Crippen molar-refractivity contribution in [3.05, 3.63) is 64.4 Å². The maximum absolute atomic E-state index is 13.9. The van der Waals surface area contributed by atoms with Crippen LogP contribution in [0.4, 0.5) is 4.39 Å². The van der Waals surface area contributed by atoms with Crippen LogP contribution in [0.15, 0.2) is 42.5 Å². The summed E-state index contributed by atoms with van der Waals surface area (Å²) < 4.78 is 18.8. The predicted octanol–water partition coefficient (Wildman–Crippen LogP) is 3.49. The van der Waals surface area contributed by atoms with Gasteiger partial charge in [-0.3, -0.25) is 9.59 Å². The van der Waals surface area contributed by atoms with Gasteiger partial charge in [-0.05, 0) is 29.3 Å². The summed E-state index contributed by atoms with van der Waals surface area (Å²) in [6, 6.07) is 12.0. The molecule has 0 N–H and O–H groups in total. The van der Waals surface area contributed by atoms with Crippen molar-refractivity contribution in [2.45, 2.75) is 19.5 Å². The fourth-order valence-electron chi connectivity index (χ4n) is 3.39. The van der Waals surface area contributed by atoms with Crippen LogP contribution in [-0.4, -0.2) is 42.3 Å². The summed E-state index contributed by atoms with van der Waals surface area (Å²) in [6.07, 6.45) is 0.171. The Morgan fingerprint density at radius 2 is 2.07 bits per heavy atom. The molecule has 0 saturated carbocycles. The lowest BCUT2D eigenvalue weighted by atomic mass is 10.1. The molecule has 0 radical (unpaired) electrons. The number of halogens is 2. The summed E-state index contributed by atoms with van der Waals surface area (Å²) >= 11 is 6.17. The molecule has 7 heteroatoms. The van der Waals surface area contributed by atoms with E-state index in [2.05, 4.69) is 0 Å². The zero-order valence-corrected chi connectivity index (χ0v) is 16.6. The minimum absolute atomic E-state index is 0.0674. The molecular formula is C21H22ClFN2O3. The first kappa shape index (κ1) is 20.1. The lowest BCUT2D eigenvalue weighted by Gasteiger charge is -2.22. The van der Waals surface area contributed by atoms with E-state index in [4.69, 9.17) is 16.3 Å². The summed E-state index contributed by atoms with van der Waals surface area (Å²) in [5.74, 6) is -0.923. The van der Waals surface area contributed by atoms with Gasteiger partial charge in [0, 0.05) is 38.1 Å². The monoisotopic (exact) mass is 404 g/mol. The van der Waals surface area contributed by atoms with E-state index in [1.807, 2.05) is 18.2 Å². The molecule has 1 heterocycles. The number of amides is 2.